The van der Waals surface area contributed by atoms with Crippen LogP contribution in [0.5, 0.6) is 0 Å². The van der Waals surface area contributed by atoms with E-state index in [9.17, 15) is 9.18 Å². The fourth-order valence-electron chi connectivity index (χ4n) is 1.52. The maximum Gasteiger partial charge on any atom is 0.274 e. The van der Waals surface area contributed by atoms with E-state index >= 15 is 0 Å². The summed E-state index contributed by atoms with van der Waals surface area (Å²) in [5, 5.41) is 13.6. The van der Waals surface area contributed by atoms with Crippen molar-refractivity contribution in [1.29, 1.82) is 0 Å². The summed E-state index contributed by atoms with van der Waals surface area (Å²) in [5.74, 6) is -1.46. The van der Waals surface area contributed by atoms with Crippen molar-refractivity contribution in [2.45, 2.75) is 0 Å². The van der Waals surface area contributed by atoms with E-state index in [1.165, 1.54) is 36.5 Å². The Kier molecular flexibility index (Phi) is 4.34. The van der Waals surface area contributed by atoms with Gasteiger partial charge in [0.15, 0.2) is 11.7 Å². The van der Waals surface area contributed by atoms with Crippen LogP contribution in [0.3, 0.4) is 0 Å². The van der Waals surface area contributed by atoms with E-state index < -0.39 is 11.7 Å². The molecule has 8 heteroatoms. The number of rotatable bonds is 3. The third-order valence-corrected chi connectivity index (χ3v) is 2.89. The summed E-state index contributed by atoms with van der Waals surface area (Å²) in [4.78, 5) is 15.8. The smallest absolute Gasteiger partial charge is 0.274 e. The van der Waals surface area contributed by atoms with Gasteiger partial charge in [0.25, 0.3) is 5.91 Å². The van der Waals surface area contributed by atoms with Gasteiger partial charge >= 0.3 is 0 Å². The molecule has 0 saturated heterocycles. The van der Waals surface area contributed by atoms with Crippen molar-refractivity contribution in [3.63, 3.8) is 0 Å². The number of amides is 1. The van der Waals surface area contributed by atoms with Gasteiger partial charge in [-0.05, 0) is 24.3 Å². The number of nitrogens with zero attached hydrogens (tertiary/aromatic N) is 2. The first-order valence-corrected chi connectivity index (χ1v) is 6.10. The second kappa shape index (κ2) is 6.19. The maximum absolute atomic E-state index is 13.7. The van der Waals surface area contributed by atoms with Gasteiger partial charge in [0.1, 0.15) is 5.69 Å². The van der Waals surface area contributed by atoms with Gasteiger partial charge in [0, 0.05) is 11.8 Å². The molecule has 0 bridgehead atoms. The number of oxime groups is 1. The summed E-state index contributed by atoms with van der Waals surface area (Å²) < 4.78 is 13.7. The molecule has 0 aliphatic carbocycles. The number of carbonyl (C=O) groups excluding carboxylic acids is 1. The zero-order chi connectivity index (χ0) is 15.4. The lowest BCUT2D eigenvalue weighted by Crippen LogP contribution is -2.17. The molecule has 0 aliphatic heterocycles. The van der Waals surface area contributed by atoms with Crippen LogP contribution in [0.1, 0.15) is 16.1 Å². The molecule has 21 heavy (non-hydrogen) atoms. The van der Waals surface area contributed by atoms with Crippen LogP contribution >= 0.6 is 11.6 Å². The van der Waals surface area contributed by atoms with Gasteiger partial charge in [-0.15, -0.1) is 0 Å². The molecular weight excluding hydrogens is 299 g/mol. The van der Waals surface area contributed by atoms with Crippen LogP contribution < -0.4 is 11.1 Å². The minimum atomic E-state index is -0.721. The fourth-order valence-corrected chi connectivity index (χ4v) is 1.70. The van der Waals surface area contributed by atoms with E-state index in [0.717, 1.165) is 0 Å². The first-order chi connectivity index (χ1) is 10.0. The molecule has 1 aromatic carbocycles. The average Bonchev–Trinajstić information content (AvgIpc) is 2.51. The number of pyridine rings is 1. The SMILES string of the molecule is NC(=NO)c1ccc(C(=O)Nc2cccc(Cl)c2F)nc1. The largest absolute Gasteiger partial charge is 0.409 e. The Bertz CT molecular complexity index is 704. The number of benzene rings is 1. The molecule has 0 spiro atoms. The van der Waals surface area contributed by atoms with Crippen LogP contribution in [0.15, 0.2) is 41.7 Å². The lowest BCUT2D eigenvalue weighted by atomic mass is 10.2. The normalized spacial score (nSPS) is 11.2. The molecule has 1 heterocycles. The Hall–Kier alpha value is -2.67. The number of anilines is 1. The van der Waals surface area contributed by atoms with Crippen LogP contribution in [0, 0.1) is 5.82 Å². The summed E-state index contributed by atoms with van der Waals surface area (Å²) in [5.41, 5.74) is 5.72. The molecule has 2 rings (SSSR count). The Labute approximate surface area is 124 Å². The quantitative estimate of drug-likeness (QED) is 0.350. The van der Waals surface area contributed by atoms with E-state index in [2.05, 4.69) is 15.5 Å². The molecule has 0 unspecified atom stereocenters. The van der Waals surface area contributed by atoms with Crippen LogP contribution in [-0.2, 0) is 0 Å². The first kappa shape index (κ1) is 14.7. The zero-order valence-electron chi connectivity index (χ0n) is 10.5. The van der Waals surface area contributed by atoms with E-state index in [1.54, 1.807) is 0 Å². The topological polar surface area (TPSA) is 101 Å². The molecule has 0 aliphatic rings. The van der Waals surface area contributed by atoms with Crippen LogP contribution in [-0.4, -0.2) is 21.9 Å². The highest BCUT2D eigenvalue weighted by molar-refractivity contribution is 6.31. The fraction of sp³-hybridized carbons (Fsp3) is 0. The monoisotopic (exact) mass is 308 g/mol. The van der Waals surface area contributed by atoms with E-state index in [-0.39, 0.29) is 22.2 Å². The third-order valence-electron chi connectivity index (χ3n) is 2.60. The van der Waals surface area contributed by atoms with Crippen molar-refractivity contribution < 1.29 is 14.4 Å². The molecule has 6 nitrogen and oxygen atoms in total. The van der Waals surface area contributed by atoms with Gasteiger partial charge < -0.3 is 16.3 Å². The molecule has 0 atom stereocenters. The molecule has 0 radical (unpaired) electrons. The number of hydrogen-bond acceptors (Lipinski definition) is 4. The van der Waals surface area contributed by atoms with Crippen LogP contribution in [0.2, 0.25) is 5.02 Å². The Morgan fingerprint density at radius 1 is 1.38 bits per heavy atom. The predicted molar refractivity (Wildman–Crippen MR) is 76.1 cm³/mol. The second-order valence-electron chi connectivity index (χ2n) is 3.97. The van der Waals surface area contributed by atoms with Crippen LogP contribution in [0.25, 0.3) is 0 Å². The van der Waals surface area contributed by atoms with Crippen molar-refractivity contribution in [2.24, 2.45) is 10.9 Å². The van der Waals surface area contributed by atoms with Crippen molar-refractivity contribution in [3.05, 3.63) is 58.6 Å². The number of amidine groups is 1. The highest BCUT2D eigenvalue weighted by atomic mass is 35.5. The number of aromatic nitrogens is 1. The number of carbonyl (C=O) groups is 1. The van der Waals surface area contributed by atoms with E-state index in [4.69, 9.17) is 22.5 Å². The maximum atomic E-state index is 13.7. The van der Waals surface area contributed by atoms with Crippen molar-refractivity contribution in [3.8, 4) is 0 Å². The highest BCUT2D eigenvalue weighted by Gasteiger charge is 2.12. The second-order valence-corrected chi connectivity index (χ2v) is 4.38. The lowest BCUT2D eigenvalue weighted by Gasteiger charge is -2.07. The summed E-state index contributed by atoms with van der Waals surface area (Å²) in [6.45, 7) is 0. The third kappa shape index (κ3) is 3.26. The number of hydrogen-bond donors (Lipinski definition) is 3. The summed E-state index contributed by atoms with van der Waals surface area (Å²) in [7, 11) is 0. The summed E-state index contributed by atoms with van der Waals surface area (Å²) >= 11 is 5.62. The average molecular weight is 309 g/mol. The first-order valence-electron chi connectivity index (χ1n) is 5.72. The number of nitrogens with two attached hydrogens (primary N) is 1. The molecule has 0 saturated carbocycles. The zero-order valence-corrected chi connectivity index (χ0v) is 11.3. The Balaban J connectivity index is 2.19. The highest BCUT2D eigenvalue weighted by Crippen LogP contribution is 2.22. The van der Waals surface area contributed by atoms with Crippen molar-refractivity contribution >= 4 is 29.0 Å². The number of nitrogens with one attached hydrogen (secondary N) is 1. The molecular formula is C13H10ClFN4O2. The summed E-state index contributed by atoms with van der Waals surface area (Å²) in [6, 6.07) is 7.08. The molecule has 108 valence electrons. The Morgan fingerprint density at radius 2 is 2.14 bits per heavy atom. The van der Waals surface area contributed by atoms with Crippen molar-refractivity contribution in [2.75, 3.05) is 5.32 Å². The van der Waals surface area contributed by atoms with E-state index in [1.807, 2.05) is 0 Å². The predicted octanol–water partition coefficient (Wildman–Crippen LogP) is 2.22. The summed E-state index contributed by atoms with van der Waals surface area (Å²) in [6.07, 6.45) is 1.26. The minimum absolute atomic E-state index is 0.0452. The Morgan fingerprint density at radius 3 is 2.76 bits per heavy atom. The van der Waals surface area contributed by atoms with E-state index in [0.29, 0.717) is 5.56 Å². The molecule has 0 fully saturated rings. The molecule has 1 amide bonds. The van der Waals surface area contributed by atoms with Crippen molar-refractivity contribution in [1.82, 2.24) is 4.98 Å². The van der Waals surface area contributed by atoms with Gasteiger partial charge in [-0.3, -0.25) is 9.78 Å². The standard InChI is InChI=1S/C13H10ClFN4O2/c14-8-2-1-3-9(11(8)15)18-13(20)10-5-4-7(6-17-10)12(16)19-21/h1-6,21H,(H2,16,19)(H,18,20). The molecule has 4 N–H and O–H groups in total. The minimum Gasteiger partial charge on any atom is -0.409 e. The molecule has 2 aromatic rings. The van der Waals surface area contributed by atoms with Crippen LogP contribution in [0.4, 0.5) is 10.1 Å². The number of halogens is 2. The lowest BCUT2D eigenvalue weighted by molar-refractivity contribution is 0.102. The van der Waals surface area contributed by atoms with Gasteiger partial charge in [-0.1, -0.05) is 22.8 Å². The van der Waals surface area contributed by atoms with Gasteiger partial charge in [0.05, 0.1) is 10.7 Å². The van der Waals surface area contributed by atoms with Gasteiger partial charge in [-0.25, -0.2) is 4.39 Å². The van der Waals surface area contributed by atoms with Gasteiger partial charge in [0.2, 0.25) is 0 Å². The van der Waals surface area contributed by atoms with Gasteiger partial charge in [-0.2, -0.15) is 0 Å². The molecule has 1 aromatic heterocycles.